The molecule has 0 radical (unpaired) electrons. The summed E-state index contributed by atoms with van der Waals surface area (Å²) in [5, 5.41) is 0.456. The van der Waals surface area contributed by atoms with Crippen LogP contribution in [0.4, 0.5) is 0 Å². The Hall–Kier alpha value is -1.35. The van der Waals surface area contributed by atoms with Crippen LogP contribution in [0.2, 0.25) is 5.02 Å². The Bertz CT molecular complexity index is 811. The molecule has 2 heterocycles. The van der Waals surface area contributed by atoms with Crippen LogP contribution in [0.25, 0.3) is 0 Å². The zero-order valence-corrected chi connectivity index (χ0v) is 17.8. The van der Waals surface area contributed by atoms with Crippen molar-refractivity contribution in [3.8, 4) is 5.75 Å². The Kier molecular flexibility index (Phi) is 6.85. The van der Waals surface area contributed by atoms with Crippen molar-refractivity contribution in [3.05, 3.63) is 28.8 Å². The summed E-state index contributed by atoms with van der Waals surface area (Å²) in [4.78, 5) is 15.5. The third-order valence-corrected chi connectivity index (χ3v) is 6.94. The van der Waals surface area contributed by atoms with Crippen molar-refractivity contribution in [1.29, 1.82) is 0 Å². The molecule has 0 aliphatic carbocycles. The topological polar surface area (TPSA) is 76.2 Å². The molecule has 2 aliphatic heterocycles. The number of hydrogen-bond acceptors (Lipinski definition) is 5. The molecule has 28 heavy (non-hydrogen) atoms. The van der Waals surface area contributed by atoms with Crippen LogP contribution >= 0.6 is 11.6 Å². The smallest absolute Gasteiger partial charge is 0.258 e. The third-order valence-electron chi connectivity index (χ3n) is 5.43. The Labute approximate surface area is 171 Å². The quantitative estimate of drug-likeness (QED) is 0.716. The molecule has 3 rings (SSSR count). The number of amides is 1. The highest BCUT2D eigenvalue weighted by molar-refractivity contribution is 7.88. The number of piperidine rings is 1. The molecule has 9 heteroatoms. The summed E-state index contributed by atoms with van der Waals surface area (Å²) in [6, 6.07) is 4.78. The van der Waals surface area contributed by atoms with Crippen molar-refractivity contribution >= 4 is 27.5 Å². The molecule has 1 unspecified atom stereocenters. The first-order valence-electron chi connectivity index (χ1n) is 9.50. The lowest BCUT2D eigenvalue weighted by Gasteiger charge is -2.43. The molecule has 2 fully saturated rings. The summed E-state index contributed by atoms with van der Waals surface area (Å²) in [5.74, 6) is 0.286. The van der Waals surface area contributed by atoms with Gasteiger partial charge in [-0.1, -0.05) is 11.6 Å². The number of carbonyl (C=O) groups excluding carboxylic acids is 1. The number of halogens is 1. The van der Waals surface area contributed by atoms with E-state index in [4.69, 9.17) is 21.1 Å². The van der Waals surface area contributed by atoms with E-state index in [-0.39, 0.29) is 18.0 Å². The Morgan fingerprint density at radius 1 is 1.25 bits per heavy atom. The maximum Gasteiger partial charge on any atom is 0.258 e. The minimum Gasteiger partial charge on any atom is -0.496 e. The van der Waals surface area contributed by atoms with E-state index in [1.807, 2.05) is 4.90 Å². The van der Waals surface area contributed by atoms with Gasteiger partial charge in [0, 0.05) is 43.4 Å². The number of methoxy groups -OCH3 is 1. The second-order valence-electron chi connectivity index (χ2n) is 7.32. The molecule has 2 aliphatic rings. The fourth-order valence-corrected chi connectivity index (χ4v) is 5.10. The van der Waals surface area contributed by atoms with Crippen molar-refractivity contribution in [2.24, 2.45) is 0 Å². The molecule has 0 N–H and O–H groups in total. The summed E-state index contributed by atoms with van der Waals surface area (Å²) in [6.45, 7) is 1.98. The van der Waals surface area contributed by atoms with Crippen molar-refractivity contribution in [2.75, 3.05) is 39.7 Å². The number of carbonyl (C=O) groups is 1. The zero-order valence-electron chi connectivity index (χ0n) is 16.3. The first kappa shape index (κ1) is 21.4. The van der Waals surface area contributed by atoms with Gasteiger partial charge in [0.05, 0.1) is 18.9 Å². The van der Waals surface area contributed by atoms with Crippen LogP contribution in [0.15, 0.2) is 18.2 Å². The normalized spacial score (nSPS) is 22.0. The van der Waals surface area contributed by atoms with Crippen LogP contribution in [0.3, 0.4) is 0 Å². The maximum absolute atomic E-state index is 13.6. The Balaban J connectivity index is 1.95. The van der Waals surface area contributed by atoms with Gasteiger partial charge in [0.25, 0.3) is 5.91 Å². The SMILES string of the molecule is COc1ccc(Cl)cc1C(=O)N(C1CCOCC1)C1CCCN(S(C)(=O)=O)C1. The number of nitrogens with zero attached hydrogens (tertiary/aromatic N) is 2. The van der Waals surface area contributed by atoms with E-state index >= 15 is 0 Å². The summed E-state index contributed by atoms with van der Waals surface area (Å²) >= 11 is 6.14. The minimum absolute atomic E-state index is 0.00514. The van der Waals surface area contributed by atoms with E-state index in [1.165, 1.54) is 17.7 Å². The second kappa shape index (κ2) is 8.98. The fourth-order valence-electron chi connectivity index (χ4n) is 4.03. The Morgan fingerprint density at radius 3 is 2.61 bits per heavy atom. The number of hydrogen-bond donors (Lipinski definition) is 0. The number of ether oxygens (including phenoxy) is 2. The first-order chi connectivity index (χ1) is 13.3. The van der Waals surface area contributed by atoms with Gasteiger partial charge in [-0.25, -0.2) is 12.7 Å². The van der Waals surface area contributed by atoms with Gasteiger partial charge in [0.15, 0.2) is 0 Å². The molecule has 1 aromatic rings. The van der Waals surface area contributed by atoms with Crippen LogP contribution in [0.1, 0.15) is 36.0 Å². The van der Waals surface area contributed by atoms with Crippen molar-refractivity contribution in [1.82, 2.24) is 9.21 Å². The van der Waals surface area contributed by atoms with Gasteiger partial charge in [-0.15, -0.1) is 0 Å². The summed E-state index contributed by atoms with van der Waals surface area (Å²) in [5.41, 5.74) is 0.401. The Morgan fingerprint density at radius 2 is 1.96 bits per heavy atom. The van der Waals surface area contributed by atoms with E-state index in [9.17, 15) is 13.2 Å². The summed E-state index contributed by atoms with van der Waals surface area (Å²) in [6.07, 6.45) is 4.15. The molecule has 156 valence electrons. The highest BCUT2D eigenvalue weighted by Crippen LogP contribution is 2.30. The van der Waals surface area contributed by atoms with E-state index in [0.717, 1.165) is 25.7 Å². The predicted octanol–water partition coefficient (Wildman–Crippen LogP) is 2.39. The van der Waals surface area contributed by atoms with Crippen LogP contribution in [-0.4, -0.2) is 75.3 Å². The summed E-state index contributed by atoms with van der Waals surface area (Å²) in [7, 11) is -1.79. The standard InChI is InChI=1S/C19H27ClN2O5S/c1-26-18-6-5-14(20)12-17(18)19(23)22(15-7-10-27-11-8-15)16-4-3-9-21(13-16)28(2,24)25/h5-6,12,15-16H,3-4,7-11,13H2,1-2H3. The van der Waals surface area contributed by atoms with Gasteiger partial charge in [0.2, 0.25) is 10.0 Å². The largest absolute Gasteiger partial charge is 0.496 e. The van der Waals surface area contributed by atoms with Crippen LogP contribution < -0.4 is 4.74 Å². The van der Waals surface area contributed by atoms with Crippen molar-refractivity contribution in [3.63, 3.8) is 0 Å². The lowest BCUT2D eigenvalue weighted by molar-refractivity contribution is 0.00847. The van der Waals surface area contributed by atoms with Crippen LogP contribution in [-0.2, 0) is 14.8 Å². The highest BCUT2D eigenvalue weighted by atomic mass is 35.5. The molecule has 1 amide bonds. The van der Waals surface area contributed by atoms with E-state index in [0.29, 0.717) is 42.6 Å². The second-order valence-corrected chi connectivity index (χ2v) is 9.74. The molecule has 1 atom stereocenters. The van der Waals surface area contributed by atoms with Gasteiger partial charge in [-0.3, -0.25) is 4.79 Å². The van der Waals surface area contributed by atoms with E-state index < -0.39 is 10.0 Å². The number of rotatable bonds is 5. The predicted molar refractivity (Wildman–Crippen MR) is 107 cm³/mol. The molecule has 1 aromatic carbocycles. The molecule has 7 nitrogen and oxygen atoms in total. The molecular formula is C19H27ClN2O5S. The monoisotopic (exact) mass is 430 g/mol. The van der Waals surface area contributed by atoms with Crippen LogP contribution in [0.5, 0.6) is 5.75 Å². The molecule has 0 bridgehead atoms. The van der Waals surface area contributed by atoms with E-state index in [2.05, 4.69) is 0 Å². The number of benzene rings is 1. The van der Waals surface area contributed by atoms with Gasteiger partial charge in [0.1, 0.15) is 5.75 Å². The average molecular weight is 431 g/mol. The van der Waals surface area contributed by atoms with Crippen molar-refractivity contribution in [2.45, 2.75) is 37.8 Å². The third kappa shape index (κ3) is 4.79. The molecular weight excluding hydrogens is 404 g/mol. The minimum atomic E-state index is -3.31. The average Bonchev–Trinajstić information content (AvgIpc) is 2.68. The zero-order chi connectivity index (χ0) is 20.3. The van der Waals surface area contributed by atoms with Crippen LogP contribution in [0, 0.1) is 0 Å². The van der Waals surface area contributed by atoms with Gasteiger partial charge < -0.3 is 14.4 Å². The van der Waals surface area contributed by atoms with Gasteiger partial charge in [-0.05, 0) is 43.9 Å². The first-order valence-corrected chi connectivity index (χ1v) is 11.7. The lowest BCUT2D eigenvalue weighted by Crippen LogP contribution is -2.56. The fraction of sp³-hybridized carbons (Fsp3) is 0.632. The number of sulfonamides is 1. The van der Waals surface area contributed by atoms with Gasteiger partial charge >= 0.3 is 0 Å². The summed E-state index contributed by atoms with van der Waals surface area (Å²) < 4.78 is 36.5. The van der Waals surface area contributed by atoms with E-state index in [1.54, 1.807) is 18.2 Å². The molecule has 0 spiro atoms. The van der Waals surface area contributed by atoms with Gasteiger partial charge in [-0.2, -0.15) is 0 Å². The molecule has 2 saturated heterocycles. The molecule has 0 saturated carbocycles. The molecule has 0 aromatic heterocycles. The maximum atomic E-state index is 13.6. The lowest BCUT2D eigenvalue weighted by atomic mass is 9.98. The highest BCUT2D eigenvalue weighted by Gasteiger charge is 2.37. The van der Waals surface area contributed by atoms with Crippen molar-refractivity contribution < 1.29 is 22.7 Å².